The number of hydrazone groups is 1. The van der Waals surface area contributed by atoms with Crippen molar-refractivity contribution in [1.29, 1.82) is 0 Å². The molecule has 3 aromatic rings. The van der Waals surface area contributed by atoms with Crippen LogP contribution in [0.25, 0.3) is 0 Å². The number of aryl methyl sites for hydroxylation is 1. The molecule has 0 saturated carbocycles. The average molecular weight is 518 g/mol. The first kappa shape index (κ1) is 26.6. The number of amides is 1. The molecule has 0 spiro atoms. The maximum Gasteiger partial charge on any atom is 0.312 e. The zero-order chi connectivity index (χ0) is 26.6. The SMILES string of the molecule is COc1cc(C(C)=NNC(=O)C(C)n2nc(C)c([N+](=O)[O-])c2C)ccc1OCc1c(F)cccc1Cl. The van der Waals surface area contributed by atoms with Gasteiger partial charge >= 0.3 is 5.69 Å². The van der Waals surface area contributed by atoms with Gasteiger partial charge in [0, 0.05) is 11.1 Å². The molecule has 0 aliphatic heterocycles. The third kappa shape index (κ3) is 5.62. The van der Waals surface area contributed by atoms with Gasteiger partial charge in [0.25, 0.3) is 5.91 Å². The topological polar surface area (TPSA) is 121 Å². The van der Waals surface area contributed by atoms with Gasteiger partial charge in [-0.25, -0.2) is 9.82 Å². The molecule has 1 unspecified atom stereocenters. The number of nitrogens with zero attached hydrogens (tertiary/aromatic N) is 4. The number of halogens is 2. The number of methoxy groups -OCH3 is 1. The molecule has 1 amide bonds. The molecule has 12 heteroatoms. The van der Waals surface area contributed by atoms with Crippen LogP contribution in [0.4, 0.5) is 10.1 Å². The van der Waals surface area contributed by atoms with E-state index in [2.05, 4.69) is 15.6 Å². The Labute approximate surface area is 211 Å². The number of hydrogen-bond acceptors (Lipinski definition) is 7. The largest absolute Gasteiger partial charge is 0.493 e. The molecule has 0 bridgehead atoms. The second-order valence-electron chi connectivity index (χ2n) is 7.92. The fraction of sp³-hybridized carbons (Fsp3) is 0.292. The molecule has 0 saturated heterocycles. The molecule has 0 aliphatic carbocycles. The summed E-state index contributed by atoms with van der Waals surface area (Å²) in [6.07, 6.45) is 0. The summed E-state index contributed by atoms with van der Waals surface area (Å²) >= 11 is 6.05. The molecule has 190 valence electrons. The van der Waals surface area contributed by atoms with Gasteiger partial charge < -0.3 is 9.47 Å². The number of hydrogen-bond donors (Lipinski definition) is 1. The molecular weight excluding hydrogens is 493 g/mol. The highest BCUT2D eigenvalue weighted by Gasteiger charge is 2.27. The minimum absolute atomic E-state index is 0.0906. The molecule has 10 nitrogen and oxygen atoms in total. The van der Waals surface area contributed by atoms with Gasteiger partial charge in [0.05, 0.1) is 22.8 Å². The third-order valence-electron chi connectivity index (χ3n) is 5.56. The Hall–Kier alpha value is -3.99. The van der Waals surface area contributed by atoms with E-state index in [1.54, 1.807) is 38.1 Å². The lowest BCUT2D eigenvalue weighted by Crippen LogP contribution is -2.29. The van der Waals surface area contributed by atoms with Gasteiger partial charge in [0.2, 0.25) is 0 Å². The summed E-state index contributed by atoms with van der Waals surface area (Å²) < 4.78 is 26.4. The van der Waals surface area contributed by atoms with Gasteiger partial charge in [0.15, 0.2) is 11.5 Å². The lowest BCUT2D eigenvalue weighted by atomic mass is 10.1. The highest BCUT2D eigenvalue weighted by Crippen LogP contribution is 2.30. The van der Waals surface area contributed by atoms with E-state index in [0.717, 1.165) is 0 Å². The molecule has 0 fully saturated rings. The summed E-state index contributed by atoms with van der Waals surface area (Å²) in [7, 11) is 1.46. The van der Waals surface area contributed by atoms with Crippen LogP contribution in [0, 0.1) is 29.8 Å². The molecule has 1 aromatic heterocycles. The molecular formula is C24H25ClFN5O5. The van der Waals surface area contributed by atoms with Crippen LogP contribution in [0.2, 0.25) is 5.02 Å². The molecule has 0 aliphatic rings. The van der Waals surface area contributed by atoms with Crippen molar-refractivity contribution in [1.82, 2.24) is 15.2 Å². The van der Waals surface area contributed by atoms with E-state index in [1.165, 1.54) is 37.8 Å². The second-order valence-corrected chi connectivity index (χ2v) is 8.33. The zero-order valence-electron chi connectivity index (χ0n) is 20.3. The highest BCUT2D eigenvalue weighted by atomic mass is 35.5. The summed E-state index contributed by atoms with van der Waals surface area (Å²) in [5.41, 5.74) is 4.18. The Kier molecular flexibility index (Phi) is 8.25. The number of carbonyl (C=O) groups is 1. The second kappa shape index (κ2) is 11.2. The van der Waals surface area contributed by atoms with E-state index < -0.39 is 22.7 Å². The Morgan fingerprint density at radius 2 is 2.03 bits per heavy atom. The van der Waals surface area contributed by atoms with Gasteiger partial charge in [-0.05, 0) is 58.0 Å². The third-order valence-corrected chi connectivity index (χ3v) is 5.92. The first-order valence-corrected chi connectivity index (χ1v) is 11.2. The maximum atomic E-state index is 14.0. The van der Waals surface area contributed by atoms with Crippen molar-refractivity contribution in [3.8, 4) is 11.5 Å². The van der Waals surface area contributed by atoms with Gasteiger partial charge in [-0.1, -0.05) is 17.7 Å². The number of rotatable bonds is 9. The van der Waals surface area contributed by atoms with Crippen LogP contribution in [0.1, 0.15) is 42.4 Å². The van der Waals surface area contributed by atoms with Crippen LogP contribution in [0.5, 0.6) is 11.5 Å². The highest BCUT2D eigenvalue weighted by molar-refractivity contribution is 6.31. The average Bonchev–Trinajstić information content (AvgIpc) is 3.15. The molecule has 2 aromatic carbocycles. The van der Waals surface area contributed by atoms with Crippen LogP contribution in [-0.4, -0.2) is 33.4 Å². The van der Waals surface area contributed by atoms with Crippen molar-refractivity contribution in [2.45, 2.75) is 40.3 Å². The van der Waals surface area contributed by atoms with Crippen LogP contribution in [0.15, 0.2) is 41.5 Å². The van der Waals surface area contributed by atoms with Crippen LogP contribution >= 0.6 is 11.6 Å². The lowest BCUT2D eigenvalue weighted by molar-refractivity contribution is -0.386. The predicted octanol–water partition coefficient (Wildman–Crippen LogP) is 4.89. The molecule has 0 radical (unpaired) electrons. The first-order chi connectivity index (χ1) is 17.0. The van der Waals surface area contributed by atoms with E-state index >= 15 is 0 Å². The van der Waals surface area contributed by atoms with E-state index in [9.17, 15) is 19.3 Å². The van der Waals surface area contributed by atoms with Crippen molar-refractivity contribution >= 4 is 28.9 Å². The quantitative estimate of drug-likeness (QED) is 0.245. The minimum Gasteiger partial charge on any atom is -0.493 e. The van der Waals surface area contributed by atoms with Crippen LogP contribution < -0.4 is 14.9 Å². The predicted molar refractivity (Wildman–Crippen MR) is 132 cm³/mol. The van der Waals surface area contributed by atoms with Gasteiger partial charge in [-0.3, -0.25) is 19.6 Å². The Morgan fingerprint density at radius 3 is 2.64 bits per heavy atom. The molecule has 1 N–H and O–H groups in total. The van der Waals surface area contributed by atoms with Crippen LogP contribution in [-0.2, 0) is 11.4 Å². The van der Waals surface area contributed by atoms with Crippen molar-refractivity contribution in [3.63, 3.8) is 0 Å². The van der Waals surface area contributed by atoms with Gasteiger partial charge in [-0.15, -0.1) is 0 Å². The smallest absolute Gasteiger partial charge is 0.312 e. The summed E-state index contributed by atoms with van der Waals surface area (Å²) in [6, 6.07) is 8.58. The minimum atomic E-state index is -0.829. The van der Waals surface area contributed by atoms with Gasteiger partial charge in [0.1, 0.15) is 29.9 Å². The maximum absolute atomic E-state index is 14.0. The van der Waals surface area contributed by atoms with E-state index in [4.69, 9.17) is 21.1 Å². The lowest BCUT2D eigenvalue weighted by Gasteiger charge is -2.14. The molecule has 36 heavy (non-hydrogen) atoms. The van der Waals surface area contributed by atoms with E-state index in [1.807, 2.05) is 0 Å². The van der Waals surface area contributed by atoms with Crippen molar-refractivity contribution < 1.29 is 23.6 Å². The van der Waals surface area contributed by atoms with Crippen molar-refractivity contribution in [3.05, 3.63) is 79.9 Å². The summed E-state index contributed by atoms with van der Waals surface area (Å²) in [5, 5.41) is 19.7. The number of carbonyl (C=O) groups excluding carboxylic acids is 1. The fourth-order valence-electron chi connectivity index (χ4n) is 3.54. The number of nitro groups is 1. The van der Waals surface area contributed by atoms with Gasteiger partial charge in [-0.2, -0.15) is 10.2 Å². The molecule has 3 rings (SSSR count). The normalized spacial score (nSPS) is 12.2. The monoisotopic (exact) mass is 517 g/mol. The number of nitrogens with one attached hydrogen (secondary N) is 1. The van der Waals surface area contributed by atoms with E-state index in [-0.39, 0.29) is 34.3 Å². The Balaban J connectivity index is 1.72. The number of benzene rings is 2. The Bertz CT molecular complexity index is 1320. The summed E-state index contributed by atoms with van der Waals surface area (Å²) in [6.45, 7) is 6.22. The zero-order valence-corrected chi connectivity index (χ0v) is 21.1. The van der Waals surface area contributed by atoms with Crippen molar-refractivity contribution in [2.75, 3.05) is 7.11 Å². The van der Waals surface area contributed by atoms with Crippen molar-refractivity contribution in [2.24, 2.45) is 5.10 Å². The molecule has 1 atom stereocenters. The van der Waals surface area contributed by atoms with E-state index in [0.29, 0.717) is 22.8 Å². The molecule has 1 heterocycles. The fourth-order valence-corrected chi connectivity index (χ4v) is 3.75. The summed E-state index contributed by atoms with van der Waals surface area (Å²) in [4.78, 5) is 23.3. The van der Waals surface area contributed by atoms with Crippen LogP contribution in [0.3, 0.4) is 0 Å². The first-order valence-electron chi connectivity index (χ1n) is 10.8. The standard InChI is InChI=1S/C24H25ClFN5O5/c1-13(27-28-24(32)16(4)30-15(3)23(31(33)34)14(2)29-30)17-9-10-21(22(11-17)35-5)36-12-18-19(25)7-6-8-20(18)26/h6-11,16H,12H2,1-5H3,(H,28,32). The Morgan fingerprint density at radius 1 is 1.31 bits per heavy atom. The number of aromatic nitrogens is 2. The summed E-state index contributed by atoms with van der Waals surface area (Å²) in [5.74, 6) is -0.217. The number of ether oxygens (including phenoxy) is 2.